The van der Waals surface area contributed by atoms with Crippen LogP contribution in [0, 0.1) is 0 Å². The lowest BCUT2D eigenvalue weighted by atomic mass is 10.1. The van der Waals surface area contributed by atoms with E-state index in [9.17, 15) is 9.90 Å². The van der Waals surface area contributed by atoms with E-state index in [0.29, 0.717) is 6.42 Å². The number of hydrogen-bond acceptors (Lipinski definition) is 5. The van der Waals surface area contributed by atoms with Crippen molar-refractivity contribution in [1.29, 1.82) is 0 Å². The molecule has 4 aromatic carbocycles. The summed E-state index contributed by atoms with van der Waals surface area (Å²) in [7, 11) is 1.44. The number of hydrogen-bond donors (Lipinski definition) is 1. The Morgan fingerprint density at radius 1 is 0.614 bits per heavy atom. The van der Waals surface area contributed by atoms with Gasteiger partial charge in [-0.15, -0.1) is 0 Å². The van der Waals surface area contributed by atoms with Gasteiger partial charge in [0, 0.05) is 32.6 Å². The molecule has 0 atom stereocenters. The monoisotopic (exact) mass is 592 g/mol. The molecule has 0 radical (unpaired) electrons. The highest BCUT2D eigenvalue weighted by Crippen LogP contribution is 2.39. The molecule has 1 fully saturated rings. The molecule has 5 heteroatoms. The second-order valence-corrected chi connectivity index (χ2v) is 11.9. The summed E-state index contributed by atoms with van der Waals surface area (Å²) in [5, 5.41) is 10.0. The van der Waals surface area contributed by atoms with E-state index in [1.165, 1.54) is 29.4 Å². The Hall–Kier alpha value is -3.77. The van der Waals surface area contributed by atoms with Crippen molar-refractivity contribution in [3.05, 3.63) is 144 Å². The Labute approximate surface area is 264 Å². The highest BCUT2D eigenvalue weighted by molar-refractivity contribution is 5.69. The maximum atomic E-state index is 11.3. The first-order chi connectivity index (χ1) is 21.5. The van der Waals surface area contributed by atoms with Gasteiger partial charge in [-0.05, 0) is 67.4 Å². The molecule has 0 aliphatic heterocycles. The third-order valence-corrected chi connectivity index (χ3v) is 8.02. The van der Waals surface area contributed by atoms with Crippen LogP contribution in [0.1, 0.15) is 60.8 Å². The lowest BCUT2D eigenvalue weighted by molar-refractivity contribution is -0.140. The van der Waals surface area contributed by atoms with Crippen molar-refractivity contribution in [3.8, 4) is 0 Å². The quantitative estimate of drug-likeness (QED) is 0.136. The van der Waals surface area contributed by atoms with Gasteiger partial charge in [0.25, 0.3) is 0 Å². The lowest BCUT2D eigenvalue weighted by Gasteiger charge is -2.23. The number of aliphatic hydroxyl groups is 1. The van der Waals surface area contributed by atoms with Crippen LogP contribution >= 0.6 is 0 Å². The van der Waals surface area contributed by atoms with E-state index in [-0.39, 0.29) is 11.6 Å². The summed E-state index contributed by atoms with van der Waals surface area (Å²) < 4.78 is 4.71. The largest absolute Gasteiger partial charge is 0.469 e. The van der Waals surface area contributed by atoms with Crippen LogP contribution in [0.2, 0.25) is 0 Å². The van der Waals surface area contributed by atoms with Crippen molar-refractivity contribution in [2.24, 2.45) is 0 Å². The third-order valence-electron chi connectivity index (χ3n) is 8.02. The van der Waals surface area contributed by atoms with Crippen LogP contribution < -0.4 is 0 Å². The number of carbonyl (C=O) groups excluding carboxylic acids is 1. The molecule has 1 N–H and O–H groups in total. The zero-order valence-corrected chi connectivity index (χ0v) is 26.2. The van der Waals surface area contributed by atoms with E-state index in [4.69, 9.17) is 4.74 Å². The Morgan fingerprint density at radius 3 is 1.27 bits per heavy atom. The zero-order chi connectivity index (χ0) is 30.9. The zero-order valence-electron chi connectivity index (χ0n) is 26.2. The summed E-state index contributed by atoms with van der Waals surface area (Å²) in [6.07, 6.45) is 5.26. The number of benzene rings is 4. The molecule has 5 nitrogen and oxygen atoms in total. The molecule has 1 aliphatic rings. The molecule has 5 rings (SSSR count). The number of carbonyl (C=O) groups is 1. The van der Waals surface area contributed by atoms with Gasteiger partial charge in [0.15, 0.2) is 0 Å². The Kier molecular flexibility index (Phi) is 13.7. The van der Waals surface area contributed by atoms with Crippen molar-refractivity contribution in [2.45, 2.75) is 70.3 Å². The second-order valence-electron chi connectivity index (χ2n) is 11.9. The average Bonchev–Trinajstić information content (AvgIpc) is 3.79. The summed E-state index contributed by atoms with van der Waals surface area (Å²) in [5.41, 5.74) is 4.95. The smallest absolute Gasteiger partial charge is 0.305 e. The molecule has 0 saturated heterocycles. The van der Waals surface area contributed by atoms with Crippen LogP contribution in [0.4, 0.5) is 0 Å². The van der Waals surface area contributed by atoms with Gasteiger partial charge < -0.3 is 9.84 Å². The summed E-state index contributed by atoms with van der Waals surface area (Å²) in [6, 6.07) is 42.1. The van der Waals surface area contributed by atoms with E-state index in [1.54, 1.807) is 0 Å². The molecule has 0 bridgehead atoms. The van der Waals surface area contributed by atoms with Crippen molar-refractivity contribution in [1.82, 2.24) is 9.80 Å². The number of ether oxygens (including phenoxy) is 1. The highest BCUT2D eigenvalue weighted by Gasteiger charge is 2.39. The van der Waals surface area contributed by atoms with Gasteiger partial charge in [-0.2, -0.15) is 0 Å². The summed E-state index contributed by atoms with van der Waals surface area (Å²) in [5.74, 6) is -0.139. The Balaban J connectivity index is 0.000000201. The molecule has 232 valence electrons. The first-order valence-corrected chi connectivity index (χ1v) is 15.9. The summed E-state index contributed by atoms with van der Waals surface area (Å²) in [6.45, 7) is 5.61. The van der Waals surface area contributed by atoms with Gasteiger partial charge in [-0.1, -0.05) is 121 Å². The topological polar surface area (TPSA) is 53.0 Å². The summed E-state index contributed by atoms with van der Waals surface area (Å²) in [4.78, 5) is 16.1. The fourth-order valence-corrected chi connectivity index (χ4v) is 5.37. The van der Waals surface area contributed by atoms with Crippen molar-refractivity contribution < 1.29 is 14.6 Å². The minimum atomic E-state index is -0.328. The molecule has 1 saturated carbocycles. The van der Waals surface area contributed by atoms with Gasteiger partial charge >= 0.3 is 5.97 Å². The highest BCUT2D eigenvalue weighted by atomic mass is 16.5. The number of nitrogens with zero attached hydrogens (tertiary/aromatic N) is 2. The minimum Gasteiger partial charge on any atom is -0.469 e. The molecule has 0 spiro atoms. The van der Waals surface area contributed by atoms with E-state index >= 15 is 0 Å². The van der Waals surface area contributed by atoms with E-state index in [1.807, 2.05) is 12.1 Å². The van der Waals surface area contributed by atoms with Gasteiger partial charge in [0.2, 0.25) is 0 Å². The van der Waals surface area contributed by atoms with Crippen molar-refractivity contribution in [2.75, 3.05) is 20.2 Å². The number of esters is 1. The van der Waals surface area contributed by atoms with Crippen molar-refractivity contribution in [3.63, 3.8) is 0 Å². The van der Waals surface area contributed by atoms with Crippen LogP contribution in [0.5, 0.6) is 0 Å². The molecule has 4 aromatic rings. The minimum absolute atomic E-state index is 0.139. The maximum absolute atomic E-state index is 11.3. The third kappa shape index (κ3) is 12.8. The molecule has 44 heavy (non-hydrogen) atoms. The second kappa shape index (κ2) is 18.1. The van der Waals surface area contributed by atoms with Gasteiger partial charge in [0.05, 0.1) is 12.7 Å². The normalized spacial score (nSPS) is 13.3. The van der Waals surface area contributed by atoms with Crippen LogP contribution in [-0.4, -0.2) is 46.7 Å². The molecule has 0 aromatic heterocycles. The van der Waals surface area contributed by atoms with Crippen molar-refractivity contribution >= 4 is 5.97 Å². The molecular formula is C39H48N2O3. The lowest BCUT2D eigenvalue weighted by Crippen LogP contribution is -2.25. The summed E-state index contributed by atoms with van der Waals surface area (Å²) >= 11 is 0. The van der Waals surface area contributed by atoms with Gasteiger partial charge in [-0.25, -0.2) is 0 Å². The number of methoxy groups -OCH3 is 1. The maximum Gasteiger partial charge on any atom is 0.305 e. The average molecular weight is 593 g/mol. The van der Waals surface area contributed by atoms with Gasteiger partial charge in [-0.3, -0.25) is 14.6 Å². The molecule has 0 unspecified atom stereocenters. The van der Waals surface area contributed by atoms with E-state index in [2.05, 4.69) is 119 Å². The molecular weight excluding hydrogens is 544 g/mol. The fraction of sp³-hybridized carbons (Fsp3) is 0.359. The van der Waals surface area contributed by atoms with Crippen LogP contribution in [0.15, 0.2) is 121 Å². The van der Waals surface area contributed by atoms with Crippen LogP contribution in [0.25, 0.3) is 0 Å². The standard InChI is InChI=1S/C20H25NO.C19H23NO2/c22-20(13-14-20)12-7-15-21(16-18-8-3-1-4-9-18)17-19-10-5-2-6-11-19;1-22-19(21)13-8-14-20(15-17-9-4-2-5-10-17)16-18-11-6-3-7-12-18/h1-6,8-11,22H,7,12-17H2;2-7,9-12H,8,13-16H2,1H3. The first kappa shape index (κ1) is 33.1. The van der Waals surface area contributed by atoms with E-state index < -0.39 is 0 Å². The Morgan fingerprint density at radius 2 is 0.955 bits per heavy atom. The molecule has 0 amide bonds. The van der Waals surface area contributed by atoms with Crippen LogP contribution in [0.3, 0.4) is 0 Å². The molecule has 0 heterocycles. The molecule has 1 aliphatic carbocycles. The fourth-order valence-electron chi connectivity index (χ4n) is 5.37. The number of rotatable bonds is 16. The van der Waals surface area contributed by atoms with Gasteiger partial charge in [0.1, 0.15) is 0 Å². The Bertz CT molecular complexity index is 1250. The van der Waals surface area contributed by atoms with Crippen LogP contribution in [-0.2, 0) is 35.7 Å². The predicted octanol–water partition coefficient (Wildman–Crippen LogP) is 7.64. The first-order valence-electron chi connectivity index (χ1n) is 15.9. The predicted molar refractivity (Wildman–Crippen MR) is 179 cm³/mol. The van der Waals surface area contributed by atoms with E-state index in [0.717, 1.165) is 71.4 Å². The SMILES string of the molecule is COC(=O)CCCN(Cc1ccccc1)Cc1ccccc1.OC1(CCCN(Cc2ccccc2)Cc2ccccc2)CC1.